The average molecular weight is 404 g/mol. The number of imidazole rings is 1. The van der Waals surface area contributed by atoms with E-state index < -0.39 is 0 Å². The van der Waals surface area contributed by atoms with Gasteiger partial charge in [-0.15, -0.1) is 0 Å². The van der Waals surface area contributed by atoms with Crippen LogP contribution in [0.1, 0.15) is 46.1 Å². The molecule has 6 nitrogen and oxygen atoms in total. The van der Waals surface area contributed by atoms with Crippen molar-refractivity contribution >= 4 is 11.7 Å². The molecule has 1 saturated heterocycles. The number of hydrogen-bond acceptors (Lipinski definition) is 4. The molecule has 2 aromatic heterocycles. The van der Waals surface area contributed by atoms with Crippen molar-refractivity contribution in [2.24, 2.45) is 0 Å². The van der Waals surface area contributed by atoms with E-state index >= 15 is 0 Å². The molecule has 0 spiro atoms. The number of aryl methyl sites for hydroxylation is 1. The molecule has 1 aliphatic heterocycles. The second kappa shape index (κ2) is 8.69. The number of benzene rings is 1. The Bertz CT molecular complexity index is 1030. The molecule has 0 radical (unpaired) electrons. The quantitative estimate of drug-likeness (QED) is 0.652. The van der Waals surface area contributed by atoms with Gasteiger partial charge in [0.1, 0.15) is 11.6 Å². The summed E-state index contributed by atoms with van der Waals surface area (Å²) >= 11 is 0. The van der Waals surface area contributed by atoms with Crippen molar-refractivity contribution in [1.29, 1.82) is 0 Å². The summed E-state index contributed by atoms with van der Waals surface area (Å²) in [4.78, 5) is 26.0. The highest BCUT2D eigenvalue weighted by atomic mass is 16.2. The summed E-state index contributed by atoms with van der Waals surface area (Å²) < 4.78 is 2.09. The fourth-order valence-electron chi connectivity index (χ4n) is 4.12. The predicted molar refractivity (Wildman–Crippen MR) is 119 cm³/mol. The first-order valence-electron chi connectivity index (χ1n) is 10.5. The number of nitrogens with zero attached hydrogens (tertiary/aromatic N) is 5. The van der Waals surface area contributed by atoms with Crippen molar-refractivity contribution in [3.63, 3.8) is 0 Å². The maximum Gasteiger partial charge on any atom is 0.253 e. The zero-order chi connectivity index (χ0) is 21.1. The third-order valence-electron chi connectivity index (χ3n) is 5.86. The number of carbonyl (C=O) groups is 1. The van der Waals surface area contributed by atoms with Gasteiger partial charge in [0.15, 0.2) is 0 Å². The summed E-state index contributed by atoms with van der Waals surface area (Å²) in [5.74, 6) is 2.39. The summed E-state index contributed by atoms with van der Waals surface area (Å²) in [7, 11) is 4.00. The Morgan fingerprint density at radius 1 is 1.17 bits per heavy atom. The molecule has 3 aromatic rings. The predicted octanol–water partition coefficient (Wildman–Crippen LogP) is 3.72. The Morgan fingerprint density at radius 3 is 2.80 bits per heavy atom. The molecule has 1 aromatic carbocycles. The molecule has 0 bridgehead atoms. The normalized spacial score (nSPS) is 16.5. The minimum atomic E-state index is 0.116. The van der Waals surface area contributed by atoms with E-state index in [-0.39, 0.29) is 5.91 Å². The minimum absolute atomic E-state index is 0.116. The number of rotatable bonds is 5. The van der Waals surface area contributed by atoms with Gasteiger partial charge in [-0.25, -0.2) is 9.97 Å². The van der Waals surface area contributed by atoms with Gasteiger partial charge in [-0.1, -0.05) is 12.1 Å². The number of carbonyl (C=O) groups excluding carboxylic acids is 1. The maximum atomic E-state index is 13.3. The molecule has 0 saturated carbocycles. The molecule has 1 amide bonds. The highest BCUT2D eigenvalue weighted by molar-refractivity contribution is 5.94. The van der Waals surface area contributed by atoms with Crippen molar-refractivity contribution in [3.05, 3.63) is 77.5 Å². The lowest BCUT2D eigenvalue weighted by Crippen LogP contribution is -2.39. The fourth-order valence-corrected chi connectivity index (χ4v) is 4.12. The van der Waals surface area contributed by atoms with Crippen LogP contribution in [0, 0.1) is 6.92 Å². The van der Waals surface area contributed by atoms with Crippen LogP contribution in [0.3, 0.4) is 0 Å². The van der Waals surface area contributed by atoms with Crippen molar-refractivity contribution < 1.29 is 4.79 Å². The van der Waals surface area contributed by atoms with Gasteiger partial charge in [0.25, 0.3) is 5.91 Å². The van der Waals surface area contributed by atoms with Crippen molar-refractivity contribution in [3.8, 4) is 0 Å². The fraction of sp³-hybridized carbons (Fsp3) is 0.375. The van der Waals surface area contributed by atoms with E-state index in [0.717, 1.165) is 55.2 Å². The zero-order valence-electron chi connectivity index (χ0n) is 18.0. The Morgan fingerprint density at radius 2 is 2.03 bits per heavy atom. The van der Waals surface area contributed by atoms with E-state index in [4.69, 9.17) is 0 Å². The van der Waals surface area contributed by atoms with Gasteiger partial charge in [0, 0.05) is 63.8 Å². The highest BCUT2D eigenvalue weighted by Crippen LogP contribution is 2.29. The molecule has 3 heterocycles. The van der Waals surface area contributed by atoms with Crippen LogP contribution < -0.4 is 4.90 Å². The molecule has 6 heteroatoms. The largest absolute Gasteiger partial charge is 0.363 e. The van der Waals surface area contributed by atoms with Gasteiger partial charge in [0.2, 0.25) is 0 Å². The van der Waals surface area contributed by atoms with Gasteiger partial charge in [-0.2, -0.15) is 0 Å². The van der Waals surface area contributed by atoms with E-state index in [1.807, 2.05) is 61.4 Å². The van der Waals surface area contributed by atoms with Crippen LogP contribution in [0.5, 0.6) is 0 Å². The molecular weight excluding hydrogens is 374 g/mol. The molecule has 1 atom stereocenters. The second-order valence-corrected chi connectivity index (χ2v) is 8.23. The summed E-state index contributed by atoms with van der Waals surface area (Å²) in [5, 5.41) is 0. The second-order valence-electron chi connectivity index (χ2n) is 8.23. The van der Waals surface area contributed by atoms with Crippen LogP contribution in [0.2, 0.25) is 0 Å². The topological polar surface area (TPSA) is 54.3 Å². The first kappa shape index (κ1) is 20.1. The Balaban J connectivity index is 1.49. The lowest BCUT2D eigenvalue weighted by molar-refractivity contribution is 0.0707. The third-order valence-corrected chi connectivity index (χ3v) is 5.86. The molecule has 0 aliphatic carbocycles. The van der Waals surface area contributed by atoms with E-state index in [1.165, 1.54) is 5.56 Å². The molecule has 0 unspecified atom stereocenters. The average Bonchev–Trinajstić information content (AvgIpc) is 3.18. The number of anilines is 1. The number of amides is 1. The van der Waals surface area contributed by atoms with Gasteiger partial charge in [0.05, 0.1) is 0 Å². The van der Waals surface area contributed by atoms with Crippen LogP contribution in [0.15, 0.2) is 55.0 Å². The molecule has 1 aliphatic rings. The van der Waals surface area contributed by atoms with E-state index in [1.54, 1.807) is 6.20 Å². The number of aromatic nitrogens is 3. The Labute approximate surface area is 178 Å². The first-order chi connectivity index (χ1) is 14.5. The maximum absolute atomic E-state index is 13.3. The smallest absolute Gasteiger partial charge is 0.253 e. The molecule has 0 N–H and O–H groups in total. The summed E-state index contributed by atoms with van der Waals surface area (Å²) in [6.45, 7) is 4.27. The summed E-state index contributed by atoms with van der Waals surface area (Å²) in [6, 6.07) is 12.2. The summed E-state index contributed by atoms with van der Waals surface area (Å²) in [6.07, 6.45) is 7.76. The van der Waals surface area contributed by atoms with Crippen LogP contribution in [0.4, 0.5) is 5.82 Å². The van der Waals surface area contributed by atoms with Gasteiger partial charge < -0.3 is 14.4 Å². The van der Waals surface area contributed by atoms with Gasteiger partial charge in [-0.3, -0.25) is 4.79 Å². The van der Waals surface area contributed by atoms with Crippen LogP contribution in [0.25, 0.3) is 0 Å². The van der Waals surface area contributed by atoms with Gasteiger partial charge >= 0.3 is 0 Å². The van der Waals surface area contributed by atoms with E-state index in [9.17, 15) is 4.79 Å². The Hall–Kier alpha value is -3.15. The number of pyridine rings is 1. The standard InChI is InChI=1S/C24H29N5O/c1-18-25-11-13-28(18)16-19-6-4-7-21(14-19)24(30)29-12-5-8-22(17-29)20-9-10-26-23(15-20)27(2)3/h4,6-7,9-11,13-15,22H,5,8,12,16-17H2,1-3H3/t22-/m1/s1. The van der Waals surface area contributed by atoms with Crippen LogP contribution >= 0.6 is 0 Å². The molecule has 30 heavy (non-hydrogen) atoms. The summed E-state index contributed by atoms with van der Waals surface area (Å²) in [5.41, 5.74) is 3.13. The molecule has 156 valence electrons. The number of hydrogen-bond donors (Lipinski definition) is 0. The number of likely N-dealkylation sites (tertiary alicyclic amines) is 1. The molecule has 4 rings (SSSR count). The lowest BCUT2D eigenvalue weighted by Gasteiger charge is -2.33. The van der Waals surface area contributed by atoms with E-state index in [2.05, 4.69) is 32.7 Å². The monoisotopic (exact) mass is 403 g/mol. The minimum Gasteiger partial charge on any atom is -0.363 e. The van der Waals surface area contributed by atoms with Crippen molar-refractivity contribution in [2.75, 3.05) is 32.1 Å². The van der Waals surface area contributed by atoms with Crippen molar-refractivity contribution in [1.82, 2.24) is 19.4 Å². The molecule has 1 fully saturated rings. The SMILES string of the molecule is Cc1nccn1Cc1cccc(C(=O)N2CCC[C@@H](c3ccnc(N(C)C)c3)C2)c1. The van der Waals surface area contributed by atoms with Crippen LogP contribution in [-0.2, 0) is 6.54 Å². The zero-order valence-corrected chi connectivity index (χ0v) is 18.0. The van der Waals surface area contributed by atoms with Crippen LogP contribution in [-0.4, -0.2) is 52.5 Å². The van der Waals surface area contributed by atoms with E-state index in [0.29, 0.717) is 5.92 Å². The van der Waals surface area contributed by atoms with Crippen molar-refractivity contribution in [2.45, 2.75) is 32.2 Å². The third kappa shape index (κ3) is 4.37. The first-order valence-corrected chi connectivity index (χ1v) is 10.5. The molecular formula is C24H29N5O. The Kier molecular flexibility index (Phi) is 5.84. The highest BCUT2D eigenvalue weighted by Gasteiger charge is 2.26. The lowest BCUT2D eigenvalue weighted by atomic mass is 9.90. The number of piperidine rings is 1. The van der Waals surface area contributed by atoms with Gasteiger partial charge in [-0.05, 0) is 55.2 Å².